The number of carbonyl (C=O) groups excluding carboxylic acids is 2. The molecular formula is C29H32ClF3N6O5S. The molecule has 11 nitrogen and oxygen atoms in total. The number of nitrogens with zero attached hydrogens (tertiary/aromatic N) is 5. The summed E-state index contributed by atoms with van der Waals surface area (Å²) in [6, 6.07) is 0.648. The maximum Gasteiger partial charge on any atom is 0.338 e. The second kappa shape index (κ2) is 12.3. The van der Waals surface area contributed by atoms with E-state index < -0.39 is 59.7 Å². The number of carboxylic acids is 1. The van der Waals surface area contributed by atoms with Gasteiger partial charge in [0.2, 0.25) is 5.91 Å². The van der Waals surface area contributed by atoms with E-state index in [-0.39, 0.29) is 53.7 Å². The maximum atomic E-state index is 15.9. The third-order valence-electron chi connectivity index (χ3n) is 8.38. The van der Waals surface area contributed by atoms with E-state index in [2.05, 4.69) is 15.3 Å². The van der Waals surface area contributed by atoms with Crippen LogP contribution in [0.3, 0.4) is 0 Å². The lowest BCUT2D eigenvalue weighted by molar-refractivity contribution is -0.156. The zero-order chi connectivity index (χ0) is 32.8. The lowest BCUT2D eigenvalue weighted by Gasteiger charge is -2.35. The van der Waals surface area contributed by atoms with Crippen LogP contribution in [0.1, 0.15) is 43.8 Å². The molecule has 4 heterocycles. The first kappa shape index (κ1) is 32.9. The van der Waals surface area contributed by atoms with Gasteiger partial charge in [-0.15, -0.1) is 11.3 Å². The fraction of sp³-hybridized carbons (Fsp3) is 0.483. The number of esters is 1. The quantitative estimate of drug-likeness (QED) is 0.385. The van der Waals surface area contributed by atoms with Crippen LogP contribution in [0.25, 0.3) is 0 Å². The van der Waals surface area contributed by atoms with Gasteiger partial charge in [0.05, 0.1) is 42.3 Å². The fourth-order valence-electron chi connectivity index (χ4n) is 5.95. The molecule has 3 aliphatic heterocycles. The predicted octanol–water partition coefficient (Wildman–Crippen LogP) is 3.72. The number of rotatable bonds is 9. The number of aliphatic imine (C=N–C) groups is 1. The highest BCUT2D eigenvalue weighted by Crippen LogP contribution is 2.43. The van der Waals surface area contributed by atoms with Gasteiger partial charge in [0, 0.05) is 42.9 Å². The van der Waals surface area contributed by atoms with Crippen LogP contribution in [-0.4, -0.2) is 100.0 Å². The number of thiazole rings is 1. The topological polar surface area (TPSA) is 128 Å². The number of hydrazine groups is 1. The van der Waals surface area contributed by atoms with Gasteiger partial charge in [-0.2, -0.15) is 0 Å². The lowest BCUT2D eigenvalue weighted by atomic mass is 9.89. The largest absolute Gasteiger partial charge is 0.481 e. The summed E-state index contributed by atoms with van der Waals surface area (Å²) in [6.07, 6.45) is 1.57. The Labute approximate surface area is 266 Å². The van der Waals surface area contributed by atoms with Gasteiger partial charge in [-0.05, 0) is 26.3 Å². The number of methoxy groups -OCH3 is 1. The Morgan fingerprint density at radius 2 is 2.02 bits per heavy atom. The Morgan fingerprint density at radius 1 is 1.29 bits per heavy atom. The molecule has 0 unspecified atom stereocenters. The number of amidine groups is 1. The maximum absolute atomic E-state index is 15.9. The molecular weight excluding hydrogens is 637 g/mol. The smallest absolute Gasteiger partial charge is 0.338 e. The second-order valence-electron chi connectivity index (χ2n) is 11.8. The second-order valence-corrected chi connectivity index (χ2v) is 13.0. The number of nitrogens with one attached hydrogen (secondary N) is 1. The van der Waals surface area contributed by atoms with Gasteiger partial charge >= 0.3 is 11.9 Å². The predicted molar refractivity (Wildman–Crippen MR) is 159 cm³/mol. The van der Waals surface area contributed by atoms with Crippen LogP contribution in [0.15, 0.2) is 46.0 Å². The number of hydrogen-bond acceptors (Lipinski definition) is 10. The van der Waals surface area contributed by atoms with Crippen molar-refractivity contribution >= 4 is 46.6 Å². The van der Waals surface area contributed by atoms with Gasteiger partial charge < -0.3 is 15.2 Å². The first-order chi connectivity index (χ1) is 21.2. The lowest BCUT2D eigenvalue weighted by Crippen LogP contribution is -2.52. The molecule has 2 saturated heterocycles. The summed E-state index contributed by atoms with van der Waals surface area (Å²) in [5.41, 5.74) is -0.896. The van der Waals surface area contributed by atoms with Crippen molar-refractivity contribution in [1.82, 2.24) is 25.2 Å². The first-order valence-corrected chi connectivity index (χ1v) is 15.3. The molecule has 2 aromatic rings. The molecule has 242 valence electrons. The zero-order valence-corrected chi connectivity index (χ0v) is 26.5. The Kier molecular flexibility index (Phi) is 9.01. The average Bonchev–Trinajstić information content (AvgIpc) is 3.70. The van der Waals surface area contributed by atoms with Gasteiger partial charge in [0.1, 0.15) is 17.9 Å². The third-order valence-corrected chi connectivity index (χ3v) is 9.56. The van der Waals surface area contributed by atoms with Crippen LogP contribution in [-0.2, 0) is 19.1 Å². The number of likely N-dealkylation sites (tertiary alicyclic amines) is 1. The fourth-order valence-corrected chi connectivity index (χ4v) is 6.77. The van der Waals surface area contributed by atoms with Crippen molar-refractivity contribution in [3.8, 4) is 0 Å². The molecule has 2 fully saturated rings. The zero-order valence-electron chi connectivity index (χ0n) is 24.9. The van der Waals surface area contributed by atoms with Gasteiger partial charge in [0.15, 0.2) is 10.8 Å². The van der Waals surface area contributed by atoms with Crippen molar-refractivity contribution in [1.29, 1.82) is 0 Å². The molecule has 0 aliphatic carbocycles. The molecule has 0 bridgehead atoms. The number of hydrogen-bond donors (Lipinski definition) is 2. The minimum absolute atomic E-state index is 0.0221. The van der Waals surface area contributed by atoms with Crippen molar-refractivity contribution in [2.45, 2.75) is 51.2 Å². The summed E-state index contributed by atoms with van der Waals surface area (Å²) in [6.45, 7) is 3.19. The Hall–Kier alpha value is -3.53. The minimum atomic E-state index is -3.31. The van der Waals surface area contributed by atoms with Gasteiger partial charge in [-0.1, -0.05) is 23.7 Å². The van der Waals surface area contributed by atoms with E-state index in [0.717, 1.165) is 13.2 Å². The SMILES string of the molecule is COC(=O)C1=C(CN2CC(F)(F)[C@@H]3[C@H]2CN(C(C)=O)N3CCC(C)(C)C(=O)O)NC(c2nccs2)=N[C@H]1c1cccc(F)c1Cl. The number of aromatic nitrogens is 1. The molecule has 0 spiro atoms. The molecule has 16 heteroatoms. The molecule has 0 saturated carbocycles. The number of ether oxygens (including phenoxy) is 1. The van der Waals surface area contributed by atoms with Crippen LogP contribution >= 0.6 is 22.9 Å². The van der Waals surface area contributed by atoms with Gasteiger partial charge in [0.25, 0.3) is 5.92 Å². The summed E-state index contributed by atoms with van der Waals surface area (Å²) in [5.74, 6) is -6.16. The van der Waals surface area contributed by atoms with Crippen molar-refractivity contribution in [2.75, 3.05) is 33.3 Å². The third kappa shape index (κ3) is 6.18. The average molecular weight is 669 g/mol. The van der Waals surface area contributed by atoms with Crippen molar-refractivity contribution < 1.29 is 37.4 Å². The van der Waals surface area contributed by atoms with E-state index in [1.807, 2.05) is 0 Å². The van der Waals surface area contributed by atoms with E-state index in [1.54, 1.807) is 11.6 Å². The molecule has 3 atom stereocenters. The number of halogens is 4. The number of benzene rings is 1. The molecule has 1 aromatic heterocycles. The summed E-state index contributed by atoms with van der Waals surface area (Å²) in [4.78, 5) is 48.0. The number of carbonyl (C=O) groups is 3. The monoisotopic (exact) mass is 668 g/mol. The Morgan fingerprint density at radius 3 is 2.64 bits per heavy atom. The van der Waals surface area contributed by atoms with Crippen LogP contribution in [0, 0.1) is 11.2 Å². The van der Waals surface area contributed by atoms with Crippen molar-refractivity contribution in [3.05, 3.63) is 62.5 Å². The summed E-state index contributed by atoms with van der Waals surface area (Å²) >= 11 is 7.59. The van der Waals surface area contributed by atoms with Gasteiger partial charge in [-0.25, -0.2) is 28.0 Å². The highest BCUT2D eigenvalue weighted by molar-refractivity contribution is 7.11. The molecule has 45 heavy (non-hydrogen) atoms. The molecule has 1 aromatic carbocycles. The summed E-state index contributed by atoms with van der Waals surface area (Å²) in [7, 11) is 1.16. The summed E-state index contributed by atoms with van der Waals surface area (Å²) in [5, 5.41) is 17.1. The van der Waals surface area contributed by atoms with E-state index in [9.17, 15) is 23.9 Å². The minimum Gasteiger partial charge on any atom is -0.481 e. The van der Waals surface area contributed by atoms with Crippen LogP contribution < -0.4 is 5.32 Å². The van der Waals surface area contributed by atoms with E-state index >= 15 is 8.78 Å². The first-order valence-electron chi connectivity index (χ1n) is 14.1. The van der Waals surface area contributed by atoms with Crippen LogP contribution in [0.2, 0.25) is 5.02 Å². The van der Waals surface area contributed by atoms with Gasteiger partial charge in [-0.3, -0.25) is 24.5 Å². The molecule has 2 N–H and O–H groups in total. The van der Waals surface area contributed by atoms with Crippen molar-refractivity contribution in [2.24, 2.45) is 10.4 Å². The molecule has 0 radical (unpaired) electrons. The van der Waals surface area contributed by atoms with E-state index in [1.165, 1.54) is 59.2 Å². The summed E-state index contributed by atoms with van der Waals surface area (Å²) < 4.78 is 51.4. The molecule has 1 amide bonds. The van der Waals surface area contributed by atoms with E-state index in [4.69, 9.17) is 16.3 Å². The highest BCUT2D eigenvalue weighted by Gasteiger charge is 2.62. The van der Waals surface area contributed by atoms with E-state index in [0.29, 0.717) is 5.01 Å². The number of fused-ring (bicyclic) bond motifs is 1. The molecule has 5 rings (SSSR count). The normalized spacial score (nSPS) is 23.5. The number of alkyl halides is 2. The molecule has 3 aliphatic rings. The number of carboxylic acid groups (broad SMARTS) is 1. The Balaban J connectivity index is 1.55. The number of amides is 1. The number of aliphatic carboxylic acids is 1. The highest BCUT2D eigenvalue weighted by atomic mass is 35.5. The standard InChI is InChI=1S/C29H32ClF3N6O5S/c1-15(40)39-13-19-23(38(39)10-8-28(2,3)27(42)43)29(32,33)14-37(19)12-18-20(26(41)44-4)22(16-6-5-7-17(31)21(16)30)36-24(35-18)25-34-9-11-45-25/h5-7,9,11,19,22-23H,8,10,12-14H2,1-4H3,(H,35,36)(H,42,43)/t19-,22+,23+/m1/s1. The van der Waals surface area contributed by atoms with Crippen molar-refractivity contribution in [3.63, 3.8) is 0 Å². The Bertz CT molecular complexity index is 1570. The van der Waals surface area contributed by atoms with Crippen LogP contribution in [0.5, 0.6) is 0 Å². The van der Waals surface area contributed by atoms with Crippen LogP contribution in [0.4, 0.5) is 13.2 Å².